The fourth-order valence-corrected chi connectivity index (χ4v) is 2.54. The Kier molecular flexibility index (Phi) is 6.84. The van der Waals surface area contributed by atoms with Crippen LogP contribution in [0.15, 0.2) is 78.9 Å². The average Bonchev–Trinajstić information content (AvgIpc) is 2.75. The van der Waals surface area contributed by atoms with Gasteiger partial charge in [-0.15, -0.1) is 0 Å². The van der Waals surface area contributed by atoms with E-state index >= 15 is 0 Å². The van der Waals surface area contributed by atoms with Gasteiger partial charge in [-0.2, -0.15) is 0 Å². The first-order valence-corrected chi connectivity index (χ1v) is 9.04. The highest BCUT2D eigenvalue weighted by Gasteiger charge is 2.09. The number of carbonyl (C=O) groups excluding carboxylic acids is 2. The molecule has 6 heteroatoms. The minimum Gasteiger partial charge on any atom is -0.497 e. The highest BCUT2D eigenvalue weighted by molar-refractivity contribution is 5.92. The summed E-state index contributed by atoms with van der Waals surface area (Å²) in [5, 5.41) is 2.68. The summed E-state index contributed by atoms with van der Waals surface area (Å²) in [7, 11) is 1.58. The summed E-state index contributed by atoms with van der Waals surface area (Å²) in [5.41, 5.74) is 1.37. The van der Waals surface area contributed by atoms with Crippen LogP contribution in [0.1, 0.15) is 5.56 Å². The van der Waals surface area contributed by atoms with Gasteiger partial charge in [0.2, 0.25) is 0 Å². The normalized spacial score (nSPS) is 10.1. The highest BCUT2D eigenvalue weighted by atomic mass is 16.5. The van der Waals surface area contributed by atoms with E-state index in [1.807, 2.05) is 30.3 Å². The van der Waals surface area contributed by atoms with Gasteiger partial charge in [-0.05, 0) is 54.1 Å². The smallest absolute Gasteiger partial charge is 0.310 e. The second-order valence-electron chi connectivity index (χ2n) is 6.17. The van der Waals surface area contributed by atoms with Gasteiger partial charge in [0.1, 0.15) is 17.2 Å². The molecule has 29 heavy (non-hydrogen) atoms. The molecule has 0 spiro atoms. The third-order valence-corrected chi connectivity index (χ3v) is 3.99. The van der Waals surface area contributed by atoms with E-state index in [0.717, 1.165) is 11.3 Å². The number of ether oxygens (including phenoxy) is 3. The SMILES string of the molecule is COc1ccc(CC(=O)OCC(=O)Nc2ccc(Oc3ccccc3)cc2)cc1. The summed E-state index contributed by atoms with van der Waals surface area (Å²) >= 11 is 0. The van der Waals surface area contributed by atoms with Crippen molar-refractivity contribution < 1.29 is 23.8 Å². The fraction of sp³-hybridized carbons (Fsp3) is 0.130. The molecule has 0 aliphatic heterocycles. The molecule has 0 unspecified atom stereocenters. The summed E-state index contributed by atoms with van der Waals surface area (Å²) in [6, 6.07) is 23.4. The van der Waals surface area contributed by atoms with E-state index < -0.39 is 11.9 Å². The molecule has 0 saturated carbocycles. The molecule has 0 aromatic heterocycles. The van der Waals surface area contributed by atoms with Crippen molar-refractivity contribution >= 4 is 17.6 Å². The average molecular weight is 391 g/mol. The number of benzene rings is 3. The van der Waals surface area contributed by atoms with Gasteiger partial charge in [0.15, 0.2) is 6.61 Å². The maximum atomic E-state index is 12.0. The fourth-order valence-electron chi connectivity index (χ4n) is 2.54. The number of amides is 1. The standard InChI is InChI=1S/C23H21NO5/c1-27-19-11-7-17(8-12-19)15-23(26)28-16-22(25)24-18-9-13-21(14-10-18)29-20-5-3-2-4-6-20/h2-14H,15-16H2,1H3,(H,24,25). The molecule has 0 saturated heterocycles. The lowest BCUT2D eigenvalue weighted by Crippen LogP contribution is -2.21. The Morgan fingerprint density at radius 3 is 2.07 bits per heavy atom. The van der Waals surface area contributed by atoms with Gasteiger partial charge >= 0.3 is 5.97 Å². The molecule has 0 bridgehead atoms. The van der Waals surface area contributed by atoms with E-state index in [0.29, 0.717) is 17.2 Å². The van der Waals surface area contributed by atoms with Gasteiger partial charge < -0.3 is 19.5 Å². The van der Waals surface area contributed by atoms with Crippen molar-refractivity contribution in [2.24, 2.45) is 0 Å². The molecular formula is C23H21NO5. The summed E-state index contributed by atoms with van der Waals surface area (Å²) in [6.45, 7) is -0.350. The second-order valence-corrected chi connectivity index (χ2v) is 6.17. The number of carbonyl (C=O) groups is 2. The molecule has 1 amide bonds. The molecule has 1 N–H and O–H groups in total. The van der Waals surface area contributed by atoms with Crippen molar-refractivity contribution in [3.8, 4) is 17.2 Å². The first-order valence-electron chi connectivity index (χ1n) is 9.04. The van der Waals surface area contributed by atoms with Crippen LogP contribution < -0.4 is 14.8 Å². The van der Waals surface area contributed by atoms with Crippen LogP contribution in [0.2, 0.25) is 0 Å². The van der Waals surface area contributed by atoms with Gasteiger partial charge in [0.05, 0.1) is 13.5 Å². The summed E-state index contributed by atoms with van der Waals surface area (Å²) in [4.78, 5) is 23.9. The number of nitrogens with one attached hydrogen (secondary N) is 1. The Morgan fingerprint density at radius 2 is 1.41 bits per heavy atom. The monoisotopic (exact) mass is 391 g/mol. The lowest BCUT2D eigenvalue weighted by Gasteiger charge is -2.09. The van der Waals surface area contributed by atoms with Crippen LogP contribution >= 0.6 is 0 Å². The van der Waals surface area contributed by atoms with Crippen LogP contribution in [0, 0.1) is 0 Å². The number of esters is 1. The van der Waals surface area contributed by atoms with Crippen LogP contribution in [-0.4, -0.2) is 25.6 Å². The first-order chi connectivity index (χ1) is 14.1. The zero-order chi connectivity index (χ0) is 20.5. The van der Waals surface area contributed by atoms with Crippen molar-refractivity contribution in [2.75, 3.05) is 19.0 Å². The van der Waals surface area contributed by atoms with Crippen molar-refractivity contribution in [2.45, 2.75) is 6.42 Å². The summed E-state index contributed by atoms with van der Waals surface area (Å²) in [5.74, 6) is 1.21. The minimum absolute atomic E-state index is 0.0861. The predicted molar refractivity (Wildman–Crippen MR) is 109 cm³/mol. The van der Waals surface area contributed by atoms with E-state index in [2.05, 4.69) is 5.32 Å². The van der Waals surface area contributed by atoms with E-state index in [4.69, 9.17) is 14.2 Å². The Morgan fingerprint density at radius 1 is 0.793 bits per heavy atom. The molecule has 0 fully saturated rings. The number of para-hydroxylation sites is 1. The number of rotatable bonds is 8. The topological polar surface area (TPSA) is 73.9 Å². The zero-order valence-corrected chi connectivity index (χ0v) is 16.0. The molecule has 0 atom stereocenters. The minimum atomic E-state index is -0.475. The van der Waals surface area contributed by atoms with Crippen LogP contribution in [0.4, 0.5) is 5.69 Å². The van der Waals surface area contributed by atoms with Crippen LogP contribution in [0.5, 0.6) is 17.2 Å². The third-order valence-electron chi connectivity index (χ3n) is 3.99. The molecule has 6 nitrogen and oxygen atoms in total. The number of anilines is 1. The molecule has 0 radical (unpaired) electrons. The molecule has 0 heterocycles. The lowest BCUT2D eigenvalue weighted by atomic mass is 10.1. The molecule has 3 aromatic carbocycles. The second kappa shape index (κ2) is 9.94. The summed E-state index contributed by atoms with van der Waals surface area (Å²) in [6.07, 6.45) is 0.0861. The zero-order valence-electron chi connectivity index (χ0n) is 16.0. The molecule has 148 valence electrons. The van der Waals surface area contributed by atoms with Crippen LogP contribution in [0.25, 0.3) is 0 Å². The van der Waals surface area contributed by atoms with Crippen LogP contribution in [-0.2, 0) is 20.7 Å². The van der Waals surface area contributed by atoms with Gasteiger partial charge in [-0.1, -0.05) is 30.3 Å². The van der Waals surface area contributed by atoms with Gasteiger partial charge in [-0.3, -0.25) is 9.59 Å². The number of hydrogen-bond donors (Lipinski definition) is 1. The Labute approximate surface area is 169 Å². The van der Waals surface area contributed by atoms with Crippen molar-refractivity contribution in [3.63, 3.8) is 0 Å². The summed E-state index contributed by atoms with van der Waals surface area (Å²) < 4.78 is 15.8. The predicted octanol–water partition coefficient (Wildman–Crippen LogP) is 4.21. The van der Waals surface area contributed by atoms with Crippen molar-refractivity contribution in [3.05, 3.63) is 84.4 Å². The molecule has 0 aliphatic rings. The lowest BCUT2D eigenvalue weighted by molar-refractivity contribution is -0.146. The highest BCUT2D eigenvalue weighted by Crippen LogP contribution is 2.22. The van der Waals surface area contributed by atoms with E-state index in [1.165, 1.54) is 0 Å². The molecule has 3 rings (SSSR count). The Hall–Kier alpha value is -3.80. The molecule has 3 aromatic rings. The van der Waals surface area contributed by atoms with Gasteiger partial charge in [0, 0.05) is 5.69 Å². The van der Waals surface area contributed by atoms with E-state index in [-0.39, 0.29) is 13.0 Å². The van der Waals surface area contributed by atoms with Crippen molar-refractivity contribution in [1.82, 2.24) is 0 Å². The third kappa shape index (κ3) is 6.39. The van der Waals surface area contributed by atoms with Gasteiger partial charge in [-0.25, -0.2) is 0 Å². The van der Waals surface area contributed by atoms with Gasteiger partial charge in [0.25, 0.3) is 5.91 Å². The van der Waals surface area contributed by atoms with E-state index in [1.54, 1.807) is 55.6 Å². The number of hydrogen-bond acceptors (Lipinski definition) is 5. The largest absolute Gasteiger partial charge is 0.497 e. The quantitative estimate of drug-likeness (QED) is 0.582. The molecule has 0 aliphatic carbocycles. The first kappa shape index (κ1) is 19.9. The maximum Gasteiger partial charge on any atom is 0.310 e. The van der Waals surface area contributed by atoms with Crippen LogP contribution in [0.3, 0.4) is 0 Å². The Balaban J connectivity index is 1.43. The maximum absolute atomic E-state index is 12.0. The Bertz CT molecular complexity index is 937. The molecular weight excluding hydrogens is 370 g/mol. The number of methoxy groups -OCH3 is 1. The van der Waals surface area contributed by atoms with E-state index in [9.17, 15) is 9.59 Å². The van der Waals surface area contributed by atoms with Crippen molar-refractivity contribution in [1.29, 1.82) is 0 Å².